The van der Waals surface area contributed by atoms with Crippen LogP contribution < -0.4 is 0 Å². The van der Waals surface area contributed by atoms with Gasteiger partial charge in [-0.15, -0.1) is 0 Å². The number of aliphatic hydroxyl groups is 3. The number of methoxy groups -OCH3 is 1. The lowest BCUT2D eigenvalue weighted by Gasteiger charge is -2.39. The van der Waals surface area contributed by atoms with Gasteiger partial charge in [-0.25, -0.2) is 0 Å². The molecular formula is C8H17O8P. The second-order valence-corrected chi connectivity index (χ2v) is 5.70. The molecule has 17 heavy (non-hydrogen) atoms. The van der Waals surface area contributed by atoms with Gasteiger partial charge in [0, 0.05) is 7.11 Å². The third-order valence-electron chi connectivity index (χ3n) is 2.61. The van der Waals surface area contributed by atoms with E-state index < -0.39 is 44.5 Å². The SMILES string of the molecule is CO[C@H]1O[C@H](CCP(=O)(O)O)[C@@H](O)[C@H](O)[C@H]1O. The zero-order chi connectivity index (χ0) is 13.2. The van der Waals surface area contributed by atoms with Crippen LogP contribution in [-0.2, 0) is 14.0 Å². The highest BCUT2D eigenvalue weighted by Crippen LogP contribution is 2.37. The van der Waals surface area contributed by atoms with Gasteiger partial charge in [0.1, 0.15) is 18.3 Å². The maximum atomic E-state index is 10.7. The topological polar surface area (TPSA) is 137 Å². The van der Waals surface area contributed by atoms with Crippen LogP contribution in [0.5, 0.6) is 0 Å². The summed E-state index contributed by atoms with van der Waals surface area (Å²) >= 11 is 0. The van der Waals surface area contributed by atoms with E-state index in [-0.39, 0.29) is 6.42 Å². The molecule has 9 heteroatoms. The maximum absolute atomic E-state index is 10.7. The van der Waals surface area contributed by atoms with Gasteiger partial charge in [0.05, 0.1) is 12.3 Å². The average Bonchev–Trinajstić information content (AvgIpc) is 2.24. The van der Waals surface area contributed by atoms with Gasteiger partial charge in [-0.3, -0.25) is 4.57 Å². The average molecular weight is 272 g/mol. The Hall–Kier alpha value is -0.0500. The summed E-state index contributed by atoms with van der Waals surface area (Å²) in [5.41, 5.74) is 0. The zero-order valence-electron chi connectivity index (χ0n) is 9.21. The van der Waals surface area contributed by atoms with Crippen LogP contribution in [0.15, 0.2) is 0 Å². The summed E-state index contributed by atoms with van der Waals surface area (Å²) in [5, 5.41) is 28.5. The van der Waals surface area contributed by atoms with Crippen molar-refractivity contribution in [1.82, 2.24) is 0 Å². The van der Waals surface area contributed by atoms with Crippen LogP contribution in [0.2, 0.25) is 0 Å². The third kappa shape index (κ3) is 3.97. The molecule has 1 fully saturated rings. The molecule has 102 valence electrons. The molecular weight excluding hydrogens is 255 g/mol. The maximum Gasteiger partial charge on any atom is 0.325 e. The summed E-state index contributed by atoms with van der Waals surface area (Å²) in [5.74, 6) is 0. The van der Waals surface area contributed by atoms with Crippen molar-refractivity contribution in [3.8, 4) is 0 Å². The zero-order valence-corrected chi connectivity index (χ0v) is 10.1. The molecule has 8 nitrogen and oxygen atoms in total. The van der Waals surface area contributed by atoms with E-state index in [1.165, 1.54) is 7.11 Å². The molecule has 5 N–H and O–H groups in total. The Kier molecular flexibility index (Phi) is 5.06. The van der Waals surface area contributed by atoms with E-state index in [2.05, 4.69) is 0 Å². The molecule has 0 spiro atoms. The predicted molar refractivity (Wildman–Crippen MR) is 55.2 cm³/mol. The fraction of sp³-hybridized carbons (Fsp3) is 1.00. The molecule has 0 aromatic rings. The van der Waals surface area contributed by atoms with Gasteiger partial charge in [-0.2, -0.15) is 0 Å². The van der Waals surface area contributed by atoms with Gasteiger partial charge in [0.25, 0.3) is 0 Å². The third-order valence-corrected chi connectivity index (χ3v) is 3.45. The molecule has 0 unspecified atom stereocenters. The Bertz CT molecular complexity index is 289. The van der Waals surface area contributed by atoms with Crippen LogP contribution in [0.4, 0.5) is 0 Å². The van der Waals surface area contributed by atoms with E-state index >= 15 is 0 Å². The van der Waals surface area contributed by atoms with Crippen LogP contribution in [0.25, 0.3) is 0 Å². The number of ether oxygens (including phenoxy) is 2. The Morgan fingerprint density at radius 1 is 1.18 bits per heavy atom. The van der Waals surface area contributed by atoms with Crippen molar-refractivity contribution in [1.29, 1.82) is 0 Å². The van der Waals surface area contributed by atoms with E-state index in [0.717, 1.165) is 0 Å². The molecule has 5 atom stereocenters. The van der Waals surface area contributed by atoms with Crippen molar-refractivity contribution >= 4 is 7.60 Å². The molecule has 0 saturated carbocycles. The molecule has 0 aromatic carbocycles. The first-order valence-corrected chi connectivity index (χ1v) is 6.83. The van der Waals surface area contributed by atoms with Crippen LogP contribution in [-0.4, -0.2) is 69.1 Å². The van der Waals surface area contributed by atoms with Gasteiger partial charge in [0.2, 0.25) is 0 Å². The summed E-state index contributed by atoms with van der Waals surface area (Å²) in [6.07, 6.45) is -7.04. The lowest BCUT2D eigenvalue weighted by atomic mass is 9.97. The number of hydrogen-bond acceptors (Lipinski definition) is 6. The first kappa shape index (κ1) is 15.0. The molecule has 0 amide bonds. The largest absolute Gasteiger partial charge is 0.388 e. The summed E-state index contributed by atoms with van der Waals surface area (Å²) < 4.78 is 20.5. The molecule has 1 aliphatic rings. The highest BCUT2D eigenvalue weighted by Gasteiger charge is 2.44. The van der Waals surface area contributed by atoms with E-state index in [4.69, 9.17) is 19.3 Å². The van der Waals surface area contributed by atoms with Gasteiger partial charge in [-0.05, 0) is 6.42 Å². The van der Waals surface area contributed by atoms with Crippen molar-refractivity contribution in [2.45, 2.75) is 37.1 Å². The normalized spacial score (nSPS) is 39.3. The predicted octanol–water partition coefficient (Wildman–Crippen LogP) is -1.99. The van der Waals surface area contributed by atoms with Crippen LogP contribution >= 0.6 is 7.60 Å². The standard InChI is InChI=1S/C8H17O8P/c1-15-8-7(11)6(10)5(9)4(16-8)2-3-17(12,13)14/h4-11H,2-3H2,1H3,(H2,12,13,14)/t4-,5-,6+,7-,8+/m1/s1. The van der Waals surface area contributed by atoms with Gasteiger partial charge >= 0.3 is 7.60 Å². The second-order valence-electron chi connectivity index (χ2n) is 3.93. The van der Waals surface area contributed by atoms with Gasteiger partial charge in [-0.1, -0.05) is 0 Å². The van der Waals surface area contributed by atoms with Gasteiger partial charge < -0.3 is 34.6 Å². The van der Waals surface area contributed by atoms with Crippen molar-refractivity contribution < 1.29 is 39.1 Å². The number of rotatable bonds is 4. The monoisotopic (exact) mass is 272 g/mol. The lowest BCUT2D eigenvalue weighted by Crippen LogP contribution is -2.58. The summed E-state index contributed by atoms with van der Waals surface area (Å²) in [7, 11) is -2.95. The van der Waals surface area contributed by atoms with Gasteiger partial charge in [0.15, 0.2) is 6.29 Å². The van der Waals surface area contributed by atoms with E-state index in [1.807, 2.05) is 0 Å². The first-order valence-electron chi connectivity index (χ1n) is 5.03. The fourth-order valence-electron chi connectivity index (χ4n) is 1.65. The van der Waals surface area contributed by atoms with Crippen molar-refractivity contribution in [3.63, 3.8) is 0 Å². The summed E-state index contributed by atoms with van der Waals surface area (Å²) in [6, 6.07) is 0. The lowest BCUT2D eigenvalue weighted by molar-refractivity contribution is -0.289. The Labute approximate surface area is 97.9 Å². The first-order chi connectivity index (χ1) is 7.76. The second kappa shape index (κ2) is 5.73. The van der Waals surface area contributed by atoms with Crippen LogP contribution in [0.3, 0.4) is 0 Å². The smallest absolute Gasteiger partial charge is 0.325 e. The fourth-order valence-corrected chi connectivity index (χ4v) is 2.24. The van der Waals surface area contributed by atoms with E-state index in [9.17, 15) is 19.9 Å². The molecule has 0 aromatic heterocycles. The van der Waals surface area contributed by atoms with E-state index in [0.29, 0.717) is 0 Å². The van der Waals surface area contributed by atoms with Crippen LogP contribution in [0, 0.1) is 0 Å². The molecule has 1 aliphatic heterocycles. The van der Waals surface area contributed by atoms with Crippen molar-refractivity contribution in [2.24, 2.45) is 0 Å². The Balaban J connectivity index is 2.62. The minimum atomic E-state index is -4.20. The minimum absolute atomic E-state index is 0.144. The summed E-state index contributed by atoms with van der Waals surface area (Å²) in [6.45, 7) is 0. The number of hydrogen-bond donors (Lipinski definition) is 5. The van der Waals surface area contributed by atoms with Crippen LogP contribution in [0.1, 0.15) is 6.42 Å². The Morgan fingerprint density at radius 2 is 1.76 bits per heavy atom. The molecule has 1 rings (SSSR count). The highest BCUT2D eigenvalue weighted by molar-refractivity contribution is 7.51. The Morgan fingerprint density at radius 3 is 2.24 bits per heavy atom. The molecule has 1 heterocycles. The van der Waals surface area contributed by atoms with E-state index in [1.54, 1.807) is 0 Å². The minimum Gasteiger partial charge on any atom is -0.388 e. The molecule has 1 saturated heterocycles. The van der Waals surface area contributed by atoms with Crippen molar-refractivity contribution in [2.75, 3.05) is 13.3 Å². The summed E-state index contributed by atoms with van der Waals surface area (Å²) in [4.78, 5) is 17.4. The number of aliphatic hydroxyl groups excluding tert-OH is 3. The van der Waals surface area contributed by atoms with Crippen molar-refractivity contribution in [3.05, 3.63) is 0 Å². The molecule has 0 bridgehead atoms. The highest BCUT2D eigenvalue weighted by atomic mass is 31.2. The quantitative estimate of drug-likeness (QED) is 0.371. The molecule has 0 radical (unpaired) electrons. The molecule has 0 aliphatic carbocycles.